The molecule has 1 saturated heterocycles. The number of nitrogens with zero attached hydrogens (tertiary/aromatic N) is 4. The Hall–Kier alpha value is -2.25. The van der Waals surface area contributed by atoms with Gasteiger partial charge in [0.1, 0.15) is 11.6 Å². The Morgan fingerprint density at radius 1 is 1.17 bits per heavy atom. The molecule has 0 radical (unpaired) electrons. The van der Waals surface area contributed by atoms with Gasteiger partial charge in [-0.25, -0.2) is 0 Å². The Morgan fingerprint density at radius 3 is 2.51 bits per heavy atom. The van der Waals surface area contributed by atoms with Gasteiger partial charge in [-0.15, -0.1) is 10.2 Å². The molecule has 1 aliphatic heterocycles. The molecule has 0 spiro atoms. The minimum Gasteiger partial charge on any atom is -0.378 e. The molecule has 5 rings (SSSR count). The quantitative estimate of drug-likeness (QED) is 0.588. The third-order valence-corrected chi connectivity index (χ3v) is 8.29. The number of methoxy groups -OCH3 is 1. The Morgan fingerprint density at radius 2 is 1.89 bits per heavy atom. The summed E-state index contributed by atoms with van der Waals surface area (Å²) in [5.74, 6) is 3.10. The van der Waals surface area contributed by atoms with Gasteiger partial charge < -0.3 is 19.5 Å². The van der Waals surface area contributed by atoms with Crippen LogP contribution in [0.1, 0.15) is 86.6 Å². The predicted octanol–water partition coefficient (Wildman–Crippen LogP) is 4.82. The van der Waals surface area contributed by atoms with E-state index in [1.165, 1.54) is 18.4 Å². The van der Waals surface area contributed by atoms with Crippen molar-refractivity contribution in [1.82, 2.24) is 19.7 Å². The maximum Gasteiger partial charge on any atom is 0.229 e. The Kier molecular flexibility index (Phi) is 6.51. The van der Waals surface area contributed by atoms with Crippen molar-refractivity contribution in [2.75, 3.05) is 32.6 Å². The summed E-state index contributed by atoms with van der Waals surface area (Å²) in [5.41, 5.74) is 3.17. The largest absolute Gasteiger partial charge is 0.378 e. The summed E-state index contributed by atoms with van der Waals surface area (Å²) in [5, 5.41) is 12.7. The highest BCUT2D eigenvalue weighted by Gasteiger charge is 2.49. The number of benzene rings is 1. The first-order valence-corrected chi connectivity index (χ1v) is 13.3. The van der Waals surface area contributed by atoms with E-state index in [2.05, 4.69) is 61.7 Å². The lowest BCUT2D eigenvalue weighted by atomic mass is 9.67. The molecule has 2 atom stereocenters. The highest BCUT2D eigenvalue weighted by molar-refractivity contribution is 5.94. The minimum absolute atomic E-state index is 0.0266. The maximum absolute atomic E-state index is 13.5. The van der Waals surface area contributed by atoms with Gasteiger partial charge in [-0.05, 0) is 70.5 Å². The van der Waals surface area contributed by atoms with Crippen molar-refractivity contribution in [2.24, 2.45) is 11.8 Å². The standard InChI is InChI=1S/C28H41N5O2/c1-17(2)12-28(35-6)13-20(14-28)25-30-31-26(33(25)21-8-9-21)22-15-32(5)16-23(22)27(34)29-24-10-7-18(3)11-19(24)4/h7,10-11,17,20-23H,8-9,12-16H2,1-6H3,(H,29,34)/t20?,22-,23?,28?/m0/s1. The molecule has 3 fully saturated rings. The van der Waals surface area contributed by atoms with Crippen LogP contribution in [0.2, 0.25) is 0 Å². The van der Waals surface area contributed by atoms with Gasteiger partial charge in [0, 0.05) is 43.8 Å². The van der Waals surface area contributed by atoms with Crippen molar-refractivity contribution < 1.29 is 9.53 Å². The van der Waals surface area contributed by atoms with Gasteiger partial charge in [-0.1, -0.05) is 31.5 Å². The molecule has 2 saturated carbocycles. The average Bonchev–Trinajstić information content (AvgIpc) is 3.40. The first-order valence-electron chi connectivity index (χ1n) is 13.3. The number of carbonyl (C=O) groups is 1. The first kappa shape index (κ1) is 24.4. The fraction of sp³-hybridized carbons (Fsp3) is 0.679. The summed E-state index contributed by atoms with van der Waals surface area (Å²) in [6, 6.07) is 6.65. The minimum atomic E-state index is -0.143. The number of rotatable bonds is 8. The van der Waals surface area contributed by atoms with E-state index in [1.54, 1.807) is 0 Å². The lowest BCUT2D eigenvalue weighted by Gasteiger charge is -2.47. The van der Waals surface area contributed by atoms with Gasteiger partial charge in [-0.3, -0.25) is 4.79 Å². The Balaban J connectivity index is 1.38. The van der Waals surface area contributed by atoms with E-state index in [0.29, 0.717) is 17.9 Å². The van der Waals surface area contributed by atoms with Crippen molar-refractivity contribution in [3.05, 3.63) is 41.0 Å². The van der Waals surface area contributed by atoms with Gasteiger partial charge in [0.25, 0.3) is 0 Å². The summed E-state index contributed by atoms with van der Waals surface area (Å²) < 4.78 is 8.40. The number of hydrogen-bond acceptors (Lipinski definition) is 5. The molecule has 3 aliphatic rings. The number of likely N-dealkylation sites (N-methyl/N-ethyl adjacent to an activating group) is 1. The second kappa shape index (κ2) is 9.32. The molecule has 2 aliphatic carbocycles. The molecule has 1 unspecified atom stereocenters. The summed E-state index contributed by atoms with van der Waals surface area (Å²) in [6.45, 7) is 10.2. The number of likely N-dealkylation sites (tertiary alicyclic amines) is 1. The molecule has 1 N–H and O–H groups in total. The number of aryl methyl sites for hydroxylation is 2. The molecule has 2 heterocycles. The highest BCUT2D eigenvalue weighted by atomic mass is 16.5. The number of ether oxygens (including phenoxy) is 1. The van der Waals surface area contributed by atoms with E-state index in [-0.39, 0.29) is 23.3 Å². The smallest absolute Gasteiger partial charge is 0.229 e. The van der Waals surface area contributed by atoms with Gasteiger partial charge in [0.05, 0.1) is 11.5 Å². The van der Waals surface area contributed by atoms with E-state index < -0.39 is 0 Å². The van der Waals surface area contributed by atoms with Crippen LogP contribution in [0.25, 0.3) is 0 Å². The van der Waals surface area contributed by atoms with Crippen LogP contribution in [-0.2, 0) is 9.53 Å². The zero-order valence-corrected chi connectivity index (χ0v) is 22.2. The molecule has 1 aromatic carbocycles. The van der Waals surface area contributed by atoms with Crippen LogP contribution in [-0.4, -0.2) is 58.4 Å². The monoisotopic (exact) mass is 479 g/mol. The fourth-order valence-corrected chi connectivity index (χ4v) is 6.44. The van der Waals surface area contributed by atoms with Crippen molar-refractivity contribution in [3.63, 3.8) is 0 Å². The lowest BCUT2D eigenvalue weighted by molar-refractivity contribution is -0.119. The molecule has 1 aromatic heterocycles. The van der Waals surface area contributed by atoms with Gasteiger partial charge in [0.2, 0.25) is 5.91 Å². The summed E-state index contributed by atoms with van der Waals surface area (Å²) in [6.07, 6.45) is 5.45. The summed E-state index contributed by atoms with van der Waals surface area (Å²) >= 11 is 0. The molecule has 35 heavy (non-hydrogen) atoms. The fourth-order valence-electron chi connectivity index (χ4n) is 6.44. The normalized spacial score (nSPS) is 28.9. The number of anilines is 1. The predicted molar refractivity (Wildman–Crippen MR) is 138 cm³/mol. The van der Waals surface area contributed by atoms with E-state index in [4.69, 9.17) is 14.9 Å². The summed E-state index contributed by atoms with van der Waals surface area (Å²) in [4.78, 5) is 15.8. The van der Waals surface area contributed by atoms with E-state index in [0.717, 1.165) is 55.3 Å². The average molecular weight is 480 g/mol. The lowest BCUT2D eigenvalue weighted by Crippen LogP contribution is -2.46. The van der Waals surface area contributed by atoms with Gasteiger partial charge in [-0.2, -0.15) is 0 Å². The number of amides is 1. The van der Waals surface area contributed by atoms with Crippen LogP contribution in [0.5, 0.6) is 0 Å². The molecular weight excluding hydrogens is 438 g/mol. The molecule has 2 aromatic rings. The van der Waals surface area contributed by atoms with Crippen LogP contribution in [0.4, 0.5) is 5.69 Å². The molecular formula is C28H41N5O2. The first-order chi connectivity index (χ1) is 16.7. The third-order valence-electron chi connectivity index (χ3n) is 8.29. The van der Waals surface area contributed by atoms with Gasteiger partial charge in [0.15, 0.2) is 0 Å². The molecule has 7 nitrogen and oxygen atoms in total. The number of carbonyl (C=O) groups excluding carboxylic acids is 1. The Labute approximate surface area is 209 Å². The second-order valence-electron chi connectivity index (χ2n) is 11.8. The number of aromatic nitrogens is 3. The zero-order valence-electron chi connectivity index (χ0n) is 22.2. The molecule has 0 bridgehead atoms. The highest BCUT2D eigenvalue weighted by Crippen LogP contribution is 2.52. The molecule has 190 valence electrons. The van der Waals surface area contributed by atoms with Crippen molar-refractivity contribution >= 4 is 11.6 Å². The van der Waals surface area contributed by atoms with Crippen molar-refractivity contribution in [1.29, 1.82) is 0 Å². The SMILES string of the molecule is COC1(CC(C)C)CC(c2nnc([C@H]3CN(C)CC3C(=O)Nc3ccc(C)cc3C)n2C2CC2)C1. The van der Waals surface area contributed by atoms with E-state index >= 15 is 0 Å². The second-order valence-corrected chi connectivity index (χ2v) is 11.8. The van der Waals surface area contributed by atoms with Crippen LogP contribution in [0.3, 0.4) is 0 Å². The third kappa shape index (κ3) is 4.77. The van der Waals surface area contributed by atoms with E-state index in [9.17, 15) is 4.79 Å². The molecule has 7 heteroatoms. The molecule has 1 amide bonds. The van der Waals surface area contributed by atoms with Crippen molar-refractivity contribution in [3.8, 4) is 0 Å². The maximum atomic E-state index is 13.5. The van der Waals surface area contributed by atoms with Crippen LogP contribution < -0.4 is 5.32 Å². The Bertz CT molecular complexity index is 1080. The summed E-state index contributed by atoms with van der Waals surface area (Å²) in [7, 11) is 3.95. The number of hydrogen-bond donors (Lipinski definition) is 1. The van der Waals surface area contributed by atoms with Crippen LogP contribution in [0, 0.1) is 25.7 Å². The van der Waals surface area contributed by atoms with Crippen LogP contribution >= 0.6 is 0 Å². The topological polar surface area (TPSA) is 72.3 Å². The number of nitrogens with one attached hydrogen (secondary N) is 1. The van der Waals surface area contributed by atoms with Crippen LogP contribution in [0.15, 0.2) is 18.2 Å². The van der Waals surface area contributed by atoms with Crippen molar-refractivity contribution in [2.45, 2.75) is 83.3 Å². The zero-order chi connectivity index (χ0) is 24.9. The van der Waals surface area contributed by atoms with Gasteiger partial charge >= 0.3 is 0 Å². The van der Waals surface area contributed by atoms with E-state index in [1.807, 2.05) is 13.2 Å².